The number of carbonyl (C=O) groups excluding carboxylic acids is 2. The van der Waals surface area contributed by atoms with E-state index in [-0.39, 0.29) is 28.8 Å². The molecule has 2 aromatic rings. The molecule has 2 amide bonds. The highest BCUT2D eigenvalue weighted by Crippen LogP contribution is 2.30. The van der Waals surface area contributed by atoms with Crippen molar-refractivity contribution in [3.63, 3.8) is 0 Å². The summed E-state index contributed by atoms with van der Waals surface area (Å²) in [6.07, 6.45) is 5.80. The van der Waals surface area contributed by atoms with Crippen LogP contribution in [0.15, 0.2) is 45.6 Å². The molecule has 1 aromatic carbocycles. The quantitative estimate of drug-likeness (QED) is 0.676. The van der Waals surface area contributed by atoms with Crippen molar-refractivity contribution in [2.75, 3.05) is 13.7 Å². The van der Waals surface area contributed by atoms with E-state index in [1.807, 2.05) is 0 Å². The first-order chi connectivity index (χ1) is 12.0. The predicted octanol–water partition coefficient (Wildman–Crippen LogP) is 1.84. The highest BCUT2D eigenvalue weighted by molar-refractivity contribution is 6.07. The van der Waals surface area contributed by atoms with Gasteiger partial charge >= 0.3 is 5.63 Å². The molecule has 0 saturated carbocycles. The van der Waals surface area contributed by atoms with Crippen LogP contribution in [0.4, 0.5) is 0 Å². The Labute approximate surface area is 142 Å². The molecule has 7 nitrogen and oxygen atoms in total. The van der Waals surface area contributed by atoms with Crippen LogP contribution in [0.1, 0.15) is 12.0 Å². The largest absolute Gasteiger partial charge is 0.506 e. The molecule has 1 aliphatic heterocycles. The fourth-order valence-electron chi connectivity index (χ4n) is 2.51. The predicted molar refractivity (Wildman–Crippen MR) is 90.2 cm³/mol. The van der Waals surface area contributed by atoms with Crippen LogP contribution in [-0.2, 0) is 9.59 Å². The average molecular weight is 341 g/mol. The maximum atomic E-state index is 12.1. The van der Waals surface area contributed by atoms with Gasteiger partial charge in [0, 0.05) is 12.6 Å². The molecular formula is C18H15NO6. The Morgan fingerprint density at radius 2 is 2.16 bits per heavy atom. The number of hydrogen-bond acceptors (Lipinski definition) is 6. The molecule has 0 fully saturated rings. The molecule has 25 heavy (non-hydrogen) atoms. The lowest BCUT2D eigenvalue weighted by molar-refractivity contribution is -0.139. The lowest BCUT2D eigenvalue weighted by Crippen LogP contribution is -2.37. The normalized spacial score (nSPS) is 14.4. The standard InChI is InChI=1S/C18H15NO6/c1-24-11-5-7-14-13(10-11)17(22)12(18(23)25-14)6-8-16(21)19-9-3-2-4-15(19)20/h2,4-8,10,22H,3,9H2,1H3/b8-6+. The van der Waals surface area contributed by atoms with Crippen LogP contribution in [-0.4, -0.2) is 35.5 Å². The van der Waals surface area contributed by atoms with Gasteiger partial charge in [-0.1, -0.05) is 6.08 Å². The lowest BCUT2D eigenvalue weighted by Gasteiger charge is -2.19. The number of nitrogens with zero attached hydrogens (tertiary/aromatic N) is 1. The van der Waals surface area contributed by atoms with Crippen LogP contribution in [0.3, 0.4) is 0 Å². The molecule has 2 heterocycles. The summed E-state index contributed by atoms with van der Waals surface area (Å²) < 4.78 is 10.2. The number of carbonyl (C=O) groups is 2. The van der Waals surface area contributed by atoms with E-state index < -0.39 is 17.4 Å². The van der Waals surface area contributed by atoms with Crippen LogP contribution >= 0.6 is 0 Å². The van der Waals surface area contributed by atoms with Gasteiger partial charge in [0.2, 0.25) is 0 Å². The van der Waals surface area contributed by atoms with E-state index in [4.69, 9.17) is 9.15 Å². The number of amides is 2. The molecule has 0 spiro atoms. The van der Waals surface area contributed by atoms with Crippen molar-refractivity contribution in [1.29, 1.82) is 0 Å². The van der Waals surface area contributed by atoms with Gasteiger partial charge in [-0.2, -0.15) is 0 Å². The summed E-state index contributed by atoms with van der Waals surface area (Å²) in [6.45, 7) is 0.272. The van der Waals surface area contributed by atoms with E-state index in [9.17, 15) is 19.5 Å². The Kier molecular flexibility index (Phi) is 4.38. The van der Waals surface area contributed by atoms with Gasteiger partial charge in [0.05, 0.1) is 12.5 Å². The third-order valence-electron chi connectivity index (χ3n) is 3.82. The Morgan fingerprint density at radius 3 is 2.88 bits per heavy atom. The Morgan fingerprint density at radius 1 is 1.36 bits per heavy atom. The summed E-state index contributed by atoms with van der Waals surface area (Å²) in [7, 11) is 1.47. The van der Waals surface area contributed by atoms with E-state index in [2.05, 4.69) is 0 Å². The molecule has 0 bridgehead atoms. The first-order valence-corrected chi connectivity index (χ1v) is 7.55. The van der Waals surface area contributed by atoms with Crippen molar-refractivity contribution >= 4 is 28.9 Å². The molecule has 7 heteroatoms. The van der Waals surface area contributed by atoms with Gasteiger partial charge < -0.3 is 14.3 Å². The van der Waals surface area contributed by atoms with E-state index in [1.54, 1.807) is 12.1 Å². The number of fused-ring (bicyclic) bond motifs is 1. The molecule has 128 valence electrons. The molecule has 0 atom stereocenters. The summed E-state index contributed by atoms with van der Waals surface area (Å²) in [5, 5.41) is 10.6. The Bertz CT molecular complexity index is 969. The third-order valence-corrected chi connectivity index (χ3v) is 3.82. The molecule has 0 aliphatic carbocycles. The Hall–Kier alpha value is -3.35. The zero-order chi connectivity index (χ0) is 18.0. The number of hydrogen-bond donors (Lipinski definition) is 1. The molecule has 0 unspecified atom stereocenters. The van der Waals surface area contributed by atoms with Crippen LogP contribution in [0.2, 0.25) is 0 Å². The van der Waals surface area contributed by atoms with E-state index in [0.717, 1.165) is 17.1 Å². The number of rotatable bonds is 3. The zero-order valence-electron chi connectivity index (χ0n) is 13.4. The smallest absolute Gasteiger partial charge is 0.347 e. The fourth-order valence-corrected chi connectivity index (χ4v) is 2.51. The number of ether oxygens (including phenoxy) is 1. The molecule has 0 saturated heterocycles. The second-order valence-corrected chi connectivity index (χ2v) is 5.37. The summed E-state index contributed by atoms with van der Waals surface area (Å²) >= 11 is 0. The van der Waals surface area contributed by atoms with Gasteiger partial charge in [-0.15, -0.1) is 0 Å². The van der Waals surface area contributed by atoms with Gasteiger partial charge in [0.15, 0.2) is 0 Å². The Balaban J connectivity index is 1.98. The van der Waals surface area contributed by atoms with Gasteiger partial charge in [0.1, 0.15) is 22.6 Å². The molecule has 1 aromatic heterocycles. The molecular weight excluding hydrogens is 326 g/mol. The van der Waals surface area contributed by atoms with Gasteiger partial charge in [0.25, 0.3) is 11.8 Å². The topological polar surface area (TPSA) is 97.0 Å². The summed E-state index contributed by atoms with van der Waals surface area (Å²) in [5.74, 6) is -0.827. The average Bonchev–Trinajstić information content (AvgIpc) is 2.61. The fraction of sp³-hybridized carbons (Fsp3) is 0.167. The van der Waals surface area contributed by atoms with Crippen LogP contribution in [0.25, 0.3) is 17.0 Å². The highest BCUT2D eigenvalue weighted by Gasteiger charge is 2.19. The minimum Gasteiger partial charge on any atom is -0.506 e. The van der Waals surface area contributed by atoms with Crippen molar-refractivity contribution in [2.45, 2.75) is 6.42 Å². The first kappa shape index (κ1) is 16.5. The highest BCUT2D eigenvalue weighted by atomic mass is 16.5. The molecule has 1 aliphatic rings. The van der Waals surface area contributed by atoms with Crippen molar-refractivity contribution in [3.05, 3.63) is 52.4 Å². The second-order valence-electron chi connectivity index (χ2n) is 5.37. The van der Waals surface area contributed by atoms with Crippen molar-refractivity contribution in [3.8, 4) is 11.5 Å². The van der Waals surface area contributed by atoms with E-state index in [1.165, 1.54) is 25.3 Å². The van der Waals surface area contributed by atoms with Crippen LogP contribution < -0.4 is 10.4 Å². The zero-order valence-corrected chi connectivity index (χ0v) is 13.4. The lowest BCUT2D eigenvalue weighted by atomic mass is 10.1. The number of benzene rings is 1. The number of aromatic hydroxyl groups is 1. The minimum atomic E-state index is -0.788. The monoisotopic (exact) mass is 341 g/mol. The summed E-state index contributed by atoms with van der Waals surface area (Å²) in [6, 6.07) is 4.62. The van der Waals surface area contributed by atoms with E-state index in [0.29, 0.717) is 12.2 Å². The number of methoxy groups -OCH3 is 1. The third kappa shape index (κ3) is 3.16. The van der Waals surface area contributed by atoms with Gasteiger partial charge in [-0.3, -0.25) is 14.5 Å². The minimum absolute atomic E-state index is 0.172. The molecule has 3 rings (SSSR count). The number of imide groups is 1. The van der Waals surface area contributed by atoms with Crippen molar-refractivity contribution in [2.24, 2.45) is 0 Å². The first-order valence-electron chi connectivity index (χ1n) is 7.55. The van der Waals surface area contributed by atoms with Gasteiger partial charge in [-0.25, -0.2) is 4.79 Å². The van der Waals surface area contributed by atoms with Gasteiger partial charge in [-0.05, 0) is 36.8 Å². The van der Waals surface area contributed by atoms with E-state index >= 15 is 0 Å². The van der Waals surface area contributed by atoms with Crippen molar-refractivity contribution in [1.82, 2.24) is 4.90 Å². The summed E-state index contributed by atoms with van der Waals surface area (Å²) in [5.41, 5.74) is -0.763. The van der Waals surface area contributed by atoms with Crippen LogP contribution in [0, 0.1) is 0 Å². The van der Waals surface area contributed by atoms with Crippen LogP contribution in [0.5, 0.6) is 11.5 Å². The maximum absolute atomic E-state index is 12.1. The SMILES string of the molecule is COc1ccc2oc(=O)c(/C=C/C(=O)N3CCC=CC3=O)c(O)c2c1. The molecule has 1 N–H and O–H groups in total. The molecule has 0 radical (unpaired) electrons. The second kappa shape index (κ2) is 6.64. The summed E-state index contributed by atoms with van der Waals surface area (Å²) in [4.78, 5) is 36.9. The van der Waals surface area contributed by atoms with Crippen molar-refractivity contribution < 1.29 is 23.8 Å². The maximum Gasteiger partial charge on any atom is 0.347 e.